The zero-order chi connectivity index (χ0) is 14.9. The van der Waals surface area contributed by atoms with E-state index in [1.807, 2.05) is 11.3 Å². The van der Waals surface area contributed by atoms with Crippen molar-refractivity contribution in [1.29, 1.82) is 0 Å². The van der Waals surface area contributed by atoms with Crippen molar-refractivity contribution >= 4 is 22.1 Å². The minimum absolute atomic E-state index is 0.0612. The fourth-order valence-electron chi connectivity index (χ4n) is 2.23. The Bertz CT molecular complexity index is 745. The zero-order valence-corrected chi connectivity index (χ0v) is 12.5. The Morgan fingerprint density at radius 2 is 2.33 bits per heavy atom. The Morgan fingerprint density at radius 1 is 1.52 bits per heavy atom. The lowest BCUT2D eigenvalue weighted by atomic mass is 10.0. The van der Waals surface area contributed by atoms with Crippen molar-refractivity contribution in [3.05, 3.63) is 23.1 Å². The Labute approximate surface area is 126 Å². The summed E-state index contributed by atoms with van der Waals surface area (Å²) in [4.78, 5) is 18.0. The number of fused-ring (bicyclic) bond motifs is 1. The highest BCUT2D eigenvalue weighted by molar-refractivity contribution is 7.19. The van der Waals surface area contributed by atoms with E-state index in [1.165, 1.54) is 11.3 Å². The summed E-state index contributed by atoms with van der Waals surface area (Å²) in [6.45, 7) is 2.46. The first-order chi connectivity index (χ1) is 10.2. The first kappa shape index (κ1) is 13.8. The fraction of sp³-hybridized carbons (Fsp3) is 0.429. The number of imidazole rings is 1. The number of nitrogens with zero attached hydrogens (tertiary/aromatic N) is 4. The van der Waals surface area contributed by atoms with E-state index in [9.17, 15) is 4.79 Å². The second kappa shape index (κ2) is 5.30. The smallest absolute Gasteiger partial charge is 0.263 e. The number of amides is 1. The summed E-state index contributed by atoms with van der Waals surface area (Å²) in [6.07, 6.45) is 10.8. The molecule has 1 aliphatic rings. The first-order valence-corrected chi connectivity index (χ1v) is 7.54. The molecule has 0 spiro atoms. The van der Waals surface area contributed by atoms with Gasteiger partial charge in [-0.3, -0.25) is 9.20 Å². The molecule has 108 valence electrons. The van der Waals surface area contributed by atoms with E-state index in [-0.39, 0.29) is 11.6 Å². The molecule has 3 rings (SSSR count). The summed E-state index contributed by atoms with van der Waals surface area (Å²) in [5.74, 6) is 2.53. The lowest BCUT2D eigenvalue weighted by molar-refractivity contribution is 0.0955. The molecular formula is C14H15N5OS. The molecule has 21 heavy (non-hydrogen) atoms. The van der Waals surface area contributed by atoms with Gasteiger partial charge < -0.3 is 5.32 Å². The Balaban J connectivity index is 1.56. The van der Waals surface area contributed by atoms with Gasteiger partial charge in [0.2, 0.25) is 0 Å². The maximum atomic E-state index is 12.2. The summed E-state index contributed by atoms with van der Waals surface area (Å²) in [6, 6.07) is 0. The van der Waals surface area contributed by atoms with E-state index >= 15 is 0 Å². The molecule has 1 N–H and O–H groups in total. The van der Waals surface area contributed by atoms with Crippen LogP contribution >= 0.6 is 11.3 Å². The standard InChI is InChI=1S/C14H15N5OS/c1-3-4-5-14(17-18-14)6-7-16-13(20)12-10(2)19-9-15-8-11(19)21-12/h1,8-9H,4-7H2,2H3,(H,16,20). The predicted octanol–water partition coefficient (Wildman–Crippen LogP) is 2.40. The number of rotatable bonds is 6. The number of terminal acetylenes is 1. The minimum atomic E-state index is -0.346. The van der Waals surface area contributed by atoms with Gasteiger partial charge in [-0.15, -0.1) is 23.7 Å². The summed E-state index contributed by atoms with van der Waals surface area (Å²) in [5.41, 5.74) is 0.564. The minimum Gasteiger partial charge on any atom is -0.351 e. The lowest BCUT2D eigenvalue weighted by Gasteiger charge is -2.09. The van der Waals surface area contributed by atoms with Crippen molar-refractivity contribution < 1.29 is 4.79 Å². The molecule has 2 aromatic heterocycles. The first-order valence-electron chi connectivity index (χ1n) is 6.72. The number of carbonyl (C=O) groups is 1. The molecule has 6 nitrogen and oxygen atoms in total. The van der Waals surface area contributed by atoms with E-state index in [0.717, 1.165) is 21.8 Å². The third-order valence-corrected chi connectivity index (χ3v) is 4.77. The van der Waals surface area contributed by atoms with Gasteiger partial charge in [-0.2, -0.15) is 10.2 Å². The van der Waals surface area contributed by atoms with Crippen LogP contribution in [0.5, 0.6) is 0 Å². The van der Waals surface area contributed by atoms with E-state index in [1.54, 1.807) is 12.5 Å². The topological polar surface area (TPSA) is 71.1 Å². The van der Waals surface area contributed by atoms with Crippen molar-refractivity contribution in [3.8, 4) is 12.3 Å². The molecule has 2 aromatic rings. The highest BCUT2D eigenvalue weighted by Crippen LogP contribution is 2.36. The number of carbonyl (C=O) groups excluding carboxylic acids is 1. The summed E-state index contributed by atoms with van der Waals surface area (Å²) < 4.78 is 1.92. The highest BCUT2D eigenvalue weighted by Gasteiger charge is 2.38. The van der Waals surface area contributed by atoms with Gasteiger partial charge in [0.1, 0.15) is 16.0 Å². The zero-order valence-electron chi connectivity index (χ0n) is 11.7. The lowest BCUT2D eigenvalue weighted by Crippen LogP contribution is -2.28. The number of thiazole rings is 1. The van der Waals surface area contributed by atoms with Gasteiger partial charge in [0.25, 0.3) is 5.91 Å². The molecule has 0 saturated carbocycles. The Morgan fingerprint density at radius 3 is 3.00 bits per heavy atom. The van der Waals surface area contributed by atoms with E-state index in [2.05, 4.69) is 26.4 Å². The number of hydrogen-bond donors (Lipinski definition) is 1. The van der Waals surface area contributed by atoms with Crippen LogP contribution in [0.25, 0.3) is 4.83 Å². The van der Waals surface area contributed by atoms with Gasteiger partial charge in [0.05, 0.1) is 6.20 Å². The van der Waals surface area contributed by atoms with Gasteiger partial charge in [-0.05, 0) is 6.92 Å². The third kappa shape index (κ3) is 2.67. The van der Waals surface area contributed by atoms with Gasteiger partial charge in [-0.1, -0.05) is 0 Å². The molecule has 0 unspecified atom stereocenters. The van der Waals surface area contributed by atoms with Crippen LogP contribution in [0.4, 0.5) is 0 Å². The Hall–Kier alpha value is -2.20. The summed E-state index contributed by atoms with van der Waals surface area (Å²) >= 11 is 1.44. The van der Waals surface area contributed by atoms with E-state index < -0.39 is 0 Å². The summed E-state index contributed by atoms with van der Waals surface area (Å²) in [5, 5.41) is 11.0. The normalized spacial score (nSPS) is 15.0. The van der Waals surface area contributed by atoms with Crippen molar-refractivity contribution in [2.75, 3.05) is 6.54 Å². The van der Waals surface area contributed by atoms with Crippen LogP contribution in [-0.4, -0.2) is 27.5 Å². The van der Waals surface area contributed by atoms with Crippen LogP contribution in [0.1, 0.15) is 34.6 Å². The number of aryl methyl sites for hydroxylation is 1. The van der Waals surface area contributed by atoms with Crippen LogP contribution in [0, 0.1) is 19.3 Å². The van der Waals surface area contributed by atoms with Crippen LogP contribution in [-0.2, 0) is 0 Å². The highest BCUT2D eigenvalue weighted by atomic mass is 32.1. The van der Waals surface area contributed by atoms with Crippen LogP contribution < -0.4 is 5.32 Å². The van der Waals surface area contributed by atoms with Crippen molar-refractivity contribution in [1.82, 2.24) is 14.7 Å². The molecule has 0 aliphatic carbocycles. The Kier molecular flexibility index (Phi) is 3.47. The van der Waals surface area contributed by atoms with Crippen LogP contribution in [0.2, 0.25) is 0 Å². The monoisotopic (exact) mass is 301 g/mol. The number of aromatic nitrogens is 2. The van der Waals surface area contributed by atoms with E-state index in [4.69, 9.17) is 6.42 Å². The fourth-order valence-corrected chi connectivity index (χ4v) is 3.25. The maximum Gasteiger partial charge on any atom is 0.263 e. The van der Waals surface area contributed by atoms with Crippen molar-refractivity contribution in [2.45, 2.75) is 31.8 Å². The molecular weight excluding hydrogens is 286 g/mol. The average molecular weight is 301 g/mol. The molecule has 0 fully saturated rings. The second-order valence-corrected chi connectivity index (χ2v) is 6.04. The summed E-state index contributed by atoms with van der Waals surface area (Å²) in [7, 11) is 0. The molecule has 0 aromatic carbocycles. The molecule has 0 radical (unpaired) electrons. The molecule has 1 aliphatic heterocycles. The van der Waals surface area contributed by atoms with Gasteiger partial charge in [-0.25, -0.2) is 4.98 Å². The molecule has 7 heteroatoms. The number of nitrogens with one attached hydrogen (secondary N) is 1. The molecule has 1 amide bonds. The van der Waals surface area contributed by atoms with Crippen molar-refractivity contribution in [2.24, 2.45) is 10.2 Å². The number of hydrogen-bond acceptors (Lipinski definition) is 5. The largest absolute Gasteiger partial charge is 0.351 e. The van der Waals surface area contributed by atoms with Gasteiger partial charge >= 0.3 is 0 Å². The maximum absolute atomic E-state index is 12.2. The third-order valence-electron chi connectivity index (χ3n) is 3.57. The second-order valence-electron chi connectivity index (χ2n) is 5.01. The van der Waals surface area contributed by atoms with Crippen molar-refractivity contribution in [3.63, 3.8) is 0 Å². The quantitative estimate of drug-likeness (QED) is 0.832. The van der Waals surface area contributed by atoms with Gasteiger partial charge in [0, 0.05) is 31.5 Å². The predicted molar refractivity (Wildman–Crippen MR) is 80.4 cm³/mol. The van der Waals surface area contributed by atoms with E-state index in [0.29, 0.717) is 19.4 Å². The molecule has 3 heterocycles. The molecule has 0 atom stereocenters. The molecule has 0 bridgehead atoms. The molecule has 0 saturated heterocycles. The van der Waals surface area contributed by atoms with Crippen LogP contribution in [0.15, 0.2) is 22.8 Å². The SMILES string of the molecule is C#CCCC1(CCNC(=O)c2sc3cncn3c2C)N=N1. The van der Waals surface area contributed by atoms with Crippen LogP contribution in [0.3, 0.4) is 0 Å². The average Bonchev–Trinajstić information content (AvgIpc) is 2.95. The van der Waals surface area contributed by atoms with Gasteiger partial charge in [0.15, 0.2) is 5.66 Å².